The van der Waals surface area contributed by atoms with Gasteiger partial charge in [0, 0.05) is 6.92 Å². The number of ether oxygens (including phenoxy) is 1. The summed E-state index contributed by atoms with van der Waals surface area (Å²) in [4.78, 5) is 10.4. The smallest absolute Gasteiger partial charge is 0.302 e. The molecule has 2 nitrogen and oxygen atoms in total. The second-order valence-electron chi connectivity index (χ2n) is 3.02. The van der Waals surface area contributed by atoms with Crippen LogP contribution in [-0.4, -0.2) is 12.6 Å². The summed E-state index contributed by atoms with van der Waals surface area (Å²) >= 11 is 0. The summed E-state index contributed by atoms with van der Waals surface area (Å²) in [7, 11) is 0. The third kappa shape index (κ3) is 7.06. The molecule has 0 radical (unpaired) electrons. The Balaban J connectivity index is 3.61. The molecule has 0 aliphatic heterocycles. The first-order chi connectivity index (χ1) is 5.52. The van der Waals surface area contributed by atoms with E-state index in [-0.39, 0.29) is 5.97 Å². The third-order valence-electron chi connectivity index (χ3n) is 1.28. The molecule has 0 saturated heterocycles. The average molecular weight is 168 g/mol. The zero-order valence-corrected chi connectivity index (χ0v) is 8.02. The lowest BCUT2D eigenvalue weighted by Crippen LogP contribution is -2.01. The molecule has 0 unspecified atom stereocenters. The van der Waals surface area contributed by atoms with E-state index < -0.39 is 0 Å². The predicted molar refractivity (Wildman–Crippen MR) is 49.8 cm³/mol. The minimum Gasteiger partial charge on any atom is -0.461 e. The highest BCUT2D eigenvalue weighted by atomic mass is 16.5. The maximum atomic E-state index is 10.4. The molecule has 0 heterocycles. The van der Waals surface area contributed by atoms with Crippen LogP contribution in [0.5, 0.6) is 0 Å². The predicted octanol–water partition coefficient (Wildman–Crippen LogP) is 2.46. The van der Waals surface area contributed by atoms with Gasteiger partial charge in [-0.25, -0.2) is 0 Å². The van der Waals surface area contributed by atoms with Gasteiger partial charge in [0.05, 0.1) is 0 Å². The first-order valence-corrected chi connectivity index (χ1v) is 3.95. The summed E-state index contributed by atoms with van der Waals surface area (Å²) in [6, 6.07) is 0. The van der Waals surface area contributed by atoms with E-state index in [1.807, 2.05) is 13.8 Å². The van der Waals surface area contributed by atoms with Gasteiger partial charge in [-0.3, -0.25) is 4.79 Å². The fraction of sp³-hybridized carbons (Fsp3) is 0.500. The molecule has 0 N–H and O–H groups in total. The van der Waals surface area contributed by atoms with Gasteiger partial charge in [-0.15, -0.1) is 0 Å². The molecule has 0 amide bonds. The van der Waals surface area contributed by atoms with Crippen LogP contribution in [0.3, 0.4) is 0 Å². The molecule has 0 saturated carbocycles. The van der Waals surface area contributed by atoms with E-state index in [2.05, 4.69) is 12.7 Å². The molecule has 0 rings (SSSR count). The van der Waals surface area contributed by atoms with Gasteiger partial charge in [0.25, 0.3) is 0 Å². The zero-order valence-electron chi connectivity index (χ0n) is 8.02. The van der Waals surface area contributed by atoms with Crippen LogP contribution in [-0.2, 0) is 9.53 Å². The van der Waals surface area contributed by atoms with Crippen molar-refractivity contribution < 1.29 is 9.53 Å². The molecule has 68 valence electrons. The van der Waals surface area contributed by atoms with Gasteiger partial charge in [-0.05, 0) is 25.8 Å². The van der Waals surface area contributed by atoms with Crippen molar-refractivity contribution in [1.29, 1.82) is 0 Å². The van der Waals surface area contributed by atoms with Gasteiger partial charge < -0.3 is 4.74 Å². The fourth-order valence-electron chi connectivity index (χ4n) is 0.611. The van der Waals surface area contributed by atoms with Crippen molar-refractivity contribution in [2.45, 2.75) is 27.2 Å². The molecule has 0 aliphatic rings. The number of hydrogen-bond donors (Lipinski definition) is 0. The molecule has 0 aromatic carbocycles. The number of carbonyl (C=O) groups excluding carboxylic acids is 1. The lowest BCUT2D eigenvalue weighted by Gasteiger charge is -2.02. The Morgan fingerprint density at radius 3 is 2.42 bits per heavy atom. The Hall–Kier alpha value is -1.05. The second-order valence-corrected chi connectivity index (χ2v) is 3.02. The Kier molecular flexibility index (Phi) is 5.09. The van der Waals surface area contributed by atoms with Crippen molar-refractivity contribution in [3.8, 4) is 0 Å². The average Bonchev–Trinajstić information content (AvgIpc) is 1.96. The molecule has 0 bridgehead atoms. The molecule has 0 aromatic rings. The summed E-state index contributed by atoms with van der Waals surface area (Å²) in [6.45, 7) is 9.56. The van der Waals surface area contributed by atoms with E-state index in [1.54, 1.807) is 0 Å². The van der Waals surface area contributed by atoms with Gasteiger partial charge in [-0.2, -0.15) is 0 Å². The van der Waals surface area contributed by atoms with Crippen molar-refractivity contribution in [2.75, 3.05) is 6.61 Å². The number of hydrogen-bond acceptors (Lipinski definition) is 2. The lowest BCUT2D eigenvalue weighted by atomic mass is 10.2. The molecular formula is C10H16O2. The summed E-state index contributed by atoms with van der Waals surface area (Å²) in [5, 5.41) is 0. The summed E-state index contributed by atoms with van der Waals surface area (Å²) in [6.07, 6.45) is 2.85. The van der Waals surface area contributed by atoms with Crippen LogP contribution in [0, 0.1) is 0 Å². The van der Waals surface area contributed by atoms with Crippen molar-refractivity contribution in [3.05, 3.63) is 23.8 Å². The summed E-state index contributed by atoms with van der Waals surface area (Å²) in [5.41, 5.74) is 2.17. The van der Waals surface area contributed by atoms with Gasteiger partial charge in [-0.1, -0.05) is 18.2 Å². The number of allylic oxidation sites excluding steroid dienone is 2. The minimum absolute atomic E-state index is 0.256. The molecule has 0 aromatic heterocycles. The van der Waals surface area contributed by atoms with Gasteiger partial charge in [0.15, 0.2) is 0 Å². The van der Waals surface area contributed by atoms with Crippen molar-refractivity contribution in [2.24, 2.45) is 0 Å². The van der Waals surface area contributed by atoms with E-state index in [0.717, 1.165) is 12.0 Å². The normalized spacial score (nSPS) is 8.92. The Bertz CT molecular complexity index is 198. The lowest BCUT2D eigenvalue weighted by molar-refractivity contribution is -0.139. The minimum atomic E-state index is -0.256. The Morgan fingerprint density at radius 1 is 1.42 bits per heavy atom. The van der Waals surface area contributed by atoms with Crippen LogP contribution in [0.2, 0.25) is 0 Å². The highest BCUT2D eigenvalue weighted by Gasteiger charge is 1.95. The number of carbonyl (C=O) groups is 1. The zero-order chi connectivity index (χ0) is 9.56. The van der Waals surface area contributed by atoms with Crippen LogP contribution in [0.25, 0.3) is 0 Å². The Morgan fingerprint density at radius 2 is 2.00 bits per heavy atom. The maximum absolute atomic E-state index is 10.4. The highest BCUT2D eigenvalue weighted by molar-refractivity contribution is 5.66. The monoisotopic (exact) mass is 168 g/mol. The van der Waals surface area contributed by atoms with Crippen molar-refractivity contribution in [1.82, 2.24) is 0 Å². The van der Waals surface area contributed by atoms with E-state index >= 15 is 0 Å². The molecule has 0 spiro atoms. The fourth-order valence-corrected chi connectivity index (χ4v) is 0.611. The van der Waals surface area contributed by atoms with Crippen LogP contribution < -0.4 is 0 Å². The van der Waals surface area contributed by atoms with Crippen LogP contribution in [0.4, 0.5) is 0 Å². The molecule has 0 aliphatic carbocycles. The SMILES string of the molecule is C=C(CC=C(C)C)COC(C)=O. The molecule has 12 heavy (non-hydrogen) atoms. The largest absolute Gasteiger partial charge is 0.461 e. The first-order valence-electron chi connectivity index (χ1n) is 3.95. The van der Waals surface area contributed by atoms with E-state index in [0.29, 0.717) is 6.61 Å². The van der Waals surface area contributed by atoms with Gasteiger partial charge in [0.1, 0.15) is 6.61 Å². The van der Waals surface area contributed by atoms with E-state index in [4.69, 9.17) is 4.74 Å². The standard InChI is InChI=1S/C10H16O2/c1-8(2)5-6-9(3)7-12-10(4)11/h5H,3,6-7H2,1-2,4H3. The first kappa shape index (κ1) is 11.0. The van der Waals surface area contributed by atoms with Crippen LogP contribution >= 0.6 is 0 Å². The van der Waals surface area contributed by atoms with E-state index in [9.17, 15) is 4.79 Å². The maximum Gasteiger partial charge on any atom is 0.302 e. The quantitative estimate of drug-likeness (QED) is 0.476. The molecule has 2 heteroatoms. The summed E-state index contributed by atoms with van der Waals surface area (Å²) in [5.74, 6) is -0.256. The third-order valence-corrected chi connectivity index (χ3v) is 1.28. The van der Waals surface area contributed by atoms with Crippen LogP contribution in [0.15, 0.2) is 23.8 Å². The number of esters is 1. The molecule has 0 fully saturated rings. The van der Waals surface area contributed by atoms with Gasteiger partial charge in [0.2, 0.25) is 0 Å². The van der Waals surface area contributed by atoms with E-state index in [1.165, 1.54) is 12.5 Å². The molecular weight excluding hydrogens is 152 g/mol. The van der Waals surface area contributed by atoms with Crippen molar-refractivity contribution >= 4 is 5.97 Å². The van der Waals surface area contributed by atoms with Crippen LogP contribution in [0.1, 0.15) is 27.2 Å². The Labute approximate surface area is 73.9 Å². The molecule has 0 atom stereocenters. The van der Waals surface area contributed by atoms with Crippen molar-refractivity contribution in [3.63, 3.8) is 0 Å². The number of rotatable bonds is 4. The highest BCUT2D eigenvalue weighted by Crippen LogP contribution is 2.02. The summed E-state index contributed by atoms with van der Waals surface area (Å²) < 4.78 is 4.77. The second kappa shape index (κ2) is 5.58. The van der Waals surface area contributed by atoms with Gasteiger partial charge >= 0.3 is 5.97 Å². The topological polar surface area (TPSA) is 26.3 Å².